The van der Waals surface area contributed by atoms with E-state index in [9.17, 15) is 10.1 Å². The second kappa shape index (κ2) is 4.70. The Labute approximate surface area is 133 Å². The first-order valence-corrected chi connectivity index (χ1v) is 8.24. The Morgan fingerprint density at radius 2 is 2.10 bits per heavy atom. The van der Waals surface area contributed by atoms with Crippen molar-refractivity contribution in [1.29, 1.82) is 0 Å². The van der Waals surface area contributed by atoms with Crippen LogP contribution in [0.5, 0.6) is 0 Å². The molecule has 2 aliphatic carbocycles. The molecule has 4 nitrogen and oxygen atoms in total. The van der Waals surface area contributed by atoms with Crippen LogP contribution in [0.1, 0.15) is 40.0 Å². The number of anilines is 1. The van der Waals surface area contributed by atoms with Crippen LogP contribution in [0.25, 0.3) is 0 Å². The number of nitro groups is 1. The number of fused-ring (bicyclic) bond motifs is 2. The Morgan fingerprint density at radius 1 is 1.38 bits per heavy atom. The second-order valence-corrected chi connectivity index (χ2v) is 8.33. The summed E-state index contributed by atoms with van der Waals surface area (Å²) in [4.78, 5) is 11.0. The SMILES string of the molecule is CC12CCC(C1)C(C)(C)C2Nc1ccc(Br)cc1[N+](=O)[O-]. The quantitative estimate of drug-likeness (QED) is 0.616. The topological polar surface area (TPSA) is 55.2 Å². The maximum absolute atomic E-state index is 11.3. The molecule has 3 rings (SSSR count). The number of hydrogen-bond donors (Lipinski definition) is 1. The van der Waals surface area contributed by atoms with Crippen LogP contribution in [-0.2, 0) is 0 Å². The molecular formula is C16H21BrN2O2. The van der Waals surface area contributed by atoms with Gasteiger partial charge in [0.25, 0.3) is 5.69 Å². The van der Waals surface area contributed by atoms with Crippen molar-refractivity contribution in [3.05, 3.63) is 32.8 Å². The molecule has 1 N–H and O–H groups in total. The number of nitrogens with one attached hydrogen (secondary N) is 1. The lowest BCUT2D eigenvalue weighted by atomic mass is 9.68. The molecule has 2 saturated carbocycles. The largest absolute Gasteiger partial charge is 0.376 e. The molecule has 0 amide bonds. The normalized spacial score (nSPS) is 33.1. The second-order valence-electron chi connectivity index (χ2n) is 7.41. The Balaban J connectivity index is 1.96. The minimum Gasteiger partial charge on any atom is -0.376 e. The van der Waals surface area contributed by atoms with Crippen molar-refractivity contribution in [3.8, 4) is 0 Å². The molecule has 21 heavy (non-hydrogen) atoms. The zero-order chi connectivity index (χ0) is 15.4. The molecule has 5 heteroatoms. The molecule has 0 aromatic heterocycles. The Morgan fingerprint density at radius 3 is 2.67 bits per heavy atom. The highest BCUT2D eigenvalue weighted by Crippen LogP contribution is 2.63. The molecule has 3 atom stereocenters. The Bertz CT molecular complexity index is 597. The molecular weight excluding hydrogens is 332 g/mol. The van der Waals surface area contributed by atoms with E-state index < -0.39 is 0 Å². The molecule has 3 unspecified atom stereocenters. The van der Waals surface area contributed by atoms with Gasteiger partial charge in [0.15, 0.2) is 0 Å². The lowest BCUT2D eigenvalue weighted by molar-refractivity contribution is -0.384. The maximum atomic E-state index is 11.3. The molecule has 0 radical (unpaired) electrons. The highest BCUT2D eigenvalue weighted by Gasteiger charge is 2.59. The summed E-state index contributed by atoms with van der Waals surface area (Å²) in [6.45, 7) is 6.92. The lowest BCUT2D eigenvalue weighted by Gasteiger charge is -2.43. The van der Waals surface area contributed by atoms with E-state index in [2.05, 4.69) is 42.0 Å². The van der Waals surface area contributed by atoms with Gasteiger partial charge in [-0.1, -0.05) is 36.7 Å². The zero-order valence-electron chi connectivity index (χ0n) is 12.6. The third-order valence-corrected chi connectivity index (χ3v) is 6.22. The number of hydrogen-bond acceptors (Lipinski definition) is 3. The highest BCUT2D eigenvalue weighted by molar-refractivity contribution is 9.10. The third-order valence-electron chi connectivity index (χ3n) is 5.73. The molecule has 2 aliphatic rings. The van der Waals surface area contributed by atoms with Gasteiger partial charge in [0, 0.05) is 16.6 Å². The van der Waals surface area contributed by atoms with Crippen molar-refractivity contribution in [2.45, 2.75) is 46.1 Å². The van der Waals surface area contributed by atoms with Crippen molar-refractivity contribution in [1.82, 2.24) is 0 Å². The van der Waals surface area contributed by atoms with Gasteiger partial charge in [-0.2, -0.15) is 0 Å². The van der Waals surface area contributed by atoms with E-state index >= 15 is 0 Å². The number of halogens is 1. The van der Waals surface area contributed by atoms with Crippen LogP contribution >= 0.6 is 15.9 Å². The smallest absolute Gasteiger partial charge is 0.293 e. The molecule has 0 saturated heterocycles. The Kier molecular flexibility index (Phi) is 3.32. The van der Waals surface area contributed by atoms with Crippen LogP contribution in [0, 0.1) is 26.9 Å². The lowest BCUT2D eigenvalue weighted by Crippen LogP contribution is -2.45. The summed E-state index contributed by atoms with van der Waals surface area (Å²) < 4.78 is 0.734. The molecule has 0 heterocycles. The first-order chi connectivity index (χ1) is 9.74. The highest BCUT2D eigenvalue weighted by atomic mass is 79.9. The number of rotatable bonds is 3. The van der Waals surface area contributed by atoms with E-state index in [0.29, 0.717) is 5.69 Å². The van der Waals surface area contributed by atoms with Gasteiger partial charge >= 0.3 is 0 Å². The van der Waals surface area contributed by atoms with Crippen LogP contribution in [-0.4, -0.2) is 11.0 Å². The van der Waals surface area contributed by atoms with Crippen molar-refractivity contribution in [3.63, 3.8) is 0 Å². The summed E-state index contributed by atoms with van der Waals surface area (Å²) in [5, 5.41) is 14.8. The van der Waals surface area contributed by atoms with Crippen molar-refractivity contribution in [2.24, 2.45) is 16.7 Å². The summed E-state index contributed by atoms with van der Waals surface area (Å²) in [5.74, 6) is 0.717. The first kappa shape index (κ1) is 14.8. The zero-order valence-corrected chi connectivity index (χ0v) is 14.2. The summed E-state index contributed by atoms with van der Waals surface area (Å²) >= 11 is 3.31. The first-order valence-electron chi connectivity index (χ1n) is 7.44. The van der Waals surface area contributed by atoms with Crippen molar-refractivity contribution < 1.29 is 4.92 Å². The number of nitrogens with zero attached hydrogens (tertiary/aromatic N) is 1. The van der Waals surface area contributed by atoms with Gasteiger partial charge in [-0.3, -0.25) is 10.1 Å². The molecule has 0 spiro atoms. The number of benzene rings is 1. The monoisotopic (exact) mass is 352 g/mol. The van der Waals surface area contributed by atoms with Gasteiger partial charge in [0.2, 0.25) is 0 Å². The van der Waals surface area contributed by atoms with Crippen LogP contribution < -0.4 is 5.32 Å². The van der Waals surface area contributed by atoms with Crippen molar-refractivity contribution in [2.75, 3.05) is 5.32 Å². The molecule has 2 fully saturated rings. The average molecular weight is 353 g/mol. The van der Waals surface area contributed by atoms with E-state index in [-0.39, 0.29) is 27.5 Å². The van der Waals surface area contributed by atoms with Gasteiger partial charge in [-0.15, -0.1) is 0 Å². The van der Waals surface area contributed by atoms with E-state index in [1.165, 1.54) is 19.3 Å². The van der Waals surface area contributed by atoms with Crippen LogP contribution in [0.15, 0.2) is 22.7 Å². The van der Waals surface area contributed by atoms with Gasteiger partial charge in [0.1, 0.15) is 5.69 Å². The maximum Gasteiger partial charge on any atom is 0.293 e. The van der Waals surface area contributed by atoms with E-state index in [1.807, 2.05) is 12.1 Å². The minimum absolute atomic E-state index is 0.145. The number of nitro benzene ring substituents is 1. The van der Waals surface area contributed by atoms with Crippen LogP contribution in [0.3, 0.4) is 0 Å². The van der Waals surface area contributed by atoms with E-state index in [4.69, 9.17) is 0 Å². The molecule has 0 aliphatic heterocycles. The molecule has 114 valence electrons. The van der Waals surface area contributed by atoms with Gasteiger partial charge in [-0.05, 0) is 48.1 Å². The molecule has 1 aromatic carbocycles. The van der Waals surface area contributed by atoms with E-state index in [1.54, 1.807) is 6.07 Å². The van der Waals surface area contributed by atoms with Crippen LogP contribution in [0.2, 0.25) is 0 Å². The fourth-order valence-corrected chi connectivity index (χ4v) is 4.94. The molecule has 2 bridgehead atoms. The van der Waals surface area contributed by atoms with Crippen molar-refractivity contribution >= 4 is 27.3 Å². The summed E-state index contributed by atoms with van der Waals surface area (Å²) in [6.07, 6.45) is 3.72. The Hall–Kier alpha value is -1.10. The standard InChI is InChI=1S/C16H21BrN2O2/c1-15(2)10-6-7-16(3,9-10)14(15)18-12-5-4-11(17)8-13(12)19(20)21/h4-5,8,10,14,18H,6-7,9H2,1-3H3. The van der Waals surface area contributed by atoms with Gasteiger partial charge < -0.3 is 5.32 Å². The average Bonchev–Trinajstić information content (AvgIpc) is 2.87. The minimum atomic E-state index is -0.310. The van der Waals surface area contributed by atoms with E-state index in [0.717, 1.165) is 10.4 Å². The summed E-state index contributed by atoms with van der Waals surface area (Å²) in [7, 11) is 0. The summed E-state index contributed by atoms with van der Waals surface area (Å²) in [5.41, 5.74) is 1.20. The molecule has 1 aromatic rings. The fourth-order valence-electron chi connectivity index (χ4n) is 4.60. The third kappa shape index (κ3) is 2.26. The summed E-state index contributed by atoms with van der Waals surface area (Å²) in [6, 6.07) is 5.53. The predicted molar refractivity (Wildman–Crippen MR) is 87.4 cm³/mol. The van der Waals surface area contributed by atoms with Gasteiger partial charge in [-0.25, -0.2) is 0 Å². The van der Waals surface area contributed by atoms with Gasteiger partial charge in [0.05, 0.1) is 4.92 Å². The predicted octanol–water partition coefficient (Wildman–Crippen LogP) is 4.98. The fraction of sp³-hybridized carbons (Fsp3) is 0.625. The van der Waals surface area contributed by atoms with Crippen LogP contribution in [0.4, 0.5) is 11.4 Å².